The molecule has 0 aliphatic rings. The average Bonchev–Trinajstić information content (AvgIpc) is 2.01. The van der Waals surface area contributed by atoms with Crippen molar-refractivity contribution < 1.29 is 4.39 Å². The lowest BCUT2D eigenvalue weighted by Gasteiger charge is -1.97. The molecule has 56 valence electrons. The fourth-order valence-corrected chi connectivity index (χ4v) is 0.957. The smallest absolute Gasteiger partial charge is 0.207 e. The van der Waals surface area contributed by atoms with Crippen LogP contribution >= 0.6 is 23.2 Å². The van der Waals surface area contributed by atoms with Crippen LogP contribution in [0.5, 0.6) is 0 Å². The molecule has 0 bridgehead atoms. The van der Waals surface area contributed by atoms with Crippen LogP contribution in [0.25, 0.3) is 4.85 Å². The molecule has 0 spiro atoms. The normalized spacial score (nSPS) is 9.27. The summed E-state index contributed by atoms with van der Waals surface area (Å²) in [5.74, 6) is -0.607. The summed E-state index contributed by atoms with van der Waals surface area (Å²) in [4.78, 5) is 3.04. The SMILES string of the molecule is [C-]#[N+]c1ccc(F)c(Cl)c1Cl. The highest BCUT2D eigenvalue weighted by Gasteiger charge is 2.08. The van der Waals surface area contributed by atoms with E-state index in [1.54, 1.807) is 0 Å². The largest absolute Gasteiger partial charge is 0.237 e. The molecule has 0 atom stereocenters. The van der Waals surface area contributed by atoms with Gasteiger partial charge in [-0.15, -0.1) is 0 Å². The van der Waals surface area contributed by atoms with Crippen LogP contribution in [0.1, 0.15) is 0 Å². The molecule has 1 aromatic rings. The Morgan fingerprint density at radius 3 is 2.45 bits per heavy atom. The third kappa shape index (κ3) is 1.45. The molecule has 0 fully saturated rings. The quantitative estimate of drug-likeness (QED) is 0.434. The Hall–Kier alpha value is -0.780. The maximum atomic E-state index is 12.6. The molecule has 0 aromatic heterocycles. The van der Waals surface area contributed by atoms with Gasteiger partial charge in [-0.3, -0.25) is 0 Å². The van der Waals surface area contributed by atoms with Crippen LogP contribution in [-0.2, 0) is 0 Å². The second kappa shape index (κ2) is 3.08. The molecule has 0 saturated carbocycles. The standard InChI is InChI=1S/C7H2Cl2FN/c1-11-5-3-2-4(10)6(8)7(5)9/h2-3H. The second-order valence-corrected chi connectivity index (χ2v) is 2.56. The Kier molecular flexibility index (Phi) is 2.33. The van der Waals surface area contributed by atoms with E-state index in [0.29, 0.717) is 0 Å². The van der Waals surface area contributed by atoms with Crippen LogP contribution in [0.4, 0.5) is 10.1 Å². The first-order valence-corrected chi connectivity index (χ1v) is 3.43. The summed E-state index contributed by atoms with van der Waals surface area (Å²) >= 11 is 10.9. The van der Waals surface area contributed by atoms with E-state index in [-0.39, 0.29) is 15.7 Å². The molecule has 1 rings (SSSR count). The molecule has 11 heavy (non-hydrogen) atoms. The lowest BCUT2D eigenvalue weighted by atomic mass is 10.3. The molecular formula is C7H2Cl2FN. The molecule has 0 unspecified atom stereocenters. The Bertz CT molecular complexity index is 330. The van der Waals surface area contributed by atoms with Crippen molar-refractivity contribution in [2.24, 2.45) is 0 Å². The highest BCUT2D eigenvalue weighted by Crippen LogP contribution is 2.33. The minimum atomic E-state index is -0.607. The zero-order valence-corrected chi connectivity index (χ0v) is 6.75. The van der Waals surface area contributed by atoms with E-state index in [0.717, 1.165) is 6.07 Å². The minimum absolute atomic E-state index is 0.0262. The third-order valence-corrected chi connectivity index (χ3v) is 1.98. The van der Waals surface area contributed by atoms with Crippen molar-refractivity contribution in [1.29, 1.82) is 0 Å². The van der Waals surface area contributed by atoms with Crippen molar-refractivity contribution >= 4 is 28.9 Å². The van der Waals surface area contributed by atoms with Gasteiger partial charge in [-0.1, -0.05) is 29.3 Å². The van der Waals surface area contributed by atoms with Crippen molar-refractivity contribution in [2.45, 2.75) is 0 Å². The predicted molar refractivity (Wildman–Crippen MR) is 42.7 cm³/mol. The van der Waals surface area contributed by atoms with Gasteiger partial charge in [0.1, 0.15) is 5.82 Å². The number of benzene rings is 1. The number of hydrogen-bond acceptors (Lipinski definition) is 0. The first-order chi connectivity index (χ1) is 5.16. The summed E-state index contributed by atoms with van der Waals surface area (Å²) in [6.07, 6.45) is 0. The van der Waals surface area contributed by atoms with E-state index in [9.17, 15) is 4.39 Å². The average molecular weight is 190 g/mol. The number of rotatable bonds is 0. The van der Waals surface area contributed by atoms with Gasteiger partial charge in [0.2, 0.25) is 5.69 Å². The van der Waals surface area contributed by atoms with Gasteiger partial charge in [0.15, 0.2) is 0 Å². The first-order valence-electron chi connectivity index (χ1n) is 2.67. The molecule has 0 saturated heterocycles. The molecule has 4 heteroatoms. The number of nitrogens with zero attached hydrogens (tertiary/aromatic N) is 1. The highest BCUT2D eigenvalue weighted by atomic mass is 35.5. The Morgan fingerprint density at radius 1 is 1.27 bits per heavy atom. The summed E-state index contributed by atoms with van der Waals surface area (Å²) in [5, 5.41) is -0.221. The van der Waals surface area contributed by atoms with Crippen molar-refractivity contribution in [1.82, 2.24) is 0 Å². The first kappa shape index (κ1) is 8.32. The lowest BCUT2D eigenvalue weighted by molar-refractivity contribution is 0.628. The zero-order chi connectivity index (χ0) is 8.43. The molecule has 0 aliphatic heterocycles. The Balaban J connectivity index is 3.40. The topological polar surface area (TPSA) is 4.36 Å². The van der Waals surface area contributed by atoms with Gasteiger partial charge in [0.25, 0.3) is 0 Å². The molecule has 0 N–H and O–H groups in total. The van der Waals surface area contributed by atoms with E-state index < -0.39 is 5.82 Å². The Morgan fingerprint density at radius 2 is 1.91 bits per heavy atom. The van der Waals surface area contributed by atoms with Crippen molar-refractivity contribution in [2.75, 3.05) is 0 Å². The van der Waals surface area contributed by atoms with E-state index in [1.807, 2.05) is 0 Å². The molecular weight excluding hydrogens is 188 g/mol. The molecule has 1 nitrogen and oxygen atoms in total. The summed E-state index contributed by atoms with van der Waals surface area (Å²) < 4.78 is 12.6. The molecule has 0 radical (unpaired) electrons. The van der Waals surface area contributed by atoms with Crippen LogP contribution in [-0.4, -0.2) is 0 Å². The Labute approximate surface area is 73.2 Å². The van der Waals surface area contributed by atoms with E-state index in [4.69, 9.17) is 29.8 Å². The van der Waals surface area contributed by atoms with Gasteiger partial charge in [0, 0.05) is 0 Å². The zero-order valence-electron chi connectivity index (χ0n) is 5.24. The van der Waals surface area contributed by atoms with Crippen molar-refractivity contribution in [3.63, 3.8) is 0 Å². The predicted octanol–water partition coefficient (Wildman–Crippen LogP) is 3.68. The third-order valence-electron chi connectivity index (χ3n) is 1.14. The van der Waals surface area contributed by atoms with Gasteiger partial charge >= 0.3 is 0 Å². The summed E-state index contributed by atoms with van der Waals surface area (Å²) in [6, 6.07) is 2.40. The molecule has 0 heterocycles. The van der Waals surface area contributed by atoms with Crippen LogP contribution in [0, 0.1) is 12.4 Å². The highest BCUT2D eigenvalue weighted by molar-refractivity contribution is 6.43. The van der Waals surface area contributed by atoms with Gasteiger partial charge < -0.3 is 0 Å². The van der Waals surface area contributed by atoms with Gasteiger partial charge in [-0.25, -0.2) is 9.24 Å². The van der Waals surface area contributed by atoms with Gasteiger partial charge in [0.05, 0.1) is 16.6 Å². The second-order valence-electron chi connectivity index (χ2n) is 1.81. The van der Waals surface area contributed by atoms with Gasteiger partial charge in [-0.05, 0) is 6.07 Å². The summed E-state index contributed by atoms with van der Waals surface area (Å²) in [6.45, 7) is 6.61. The number of halogens is 3. The fourth-order valence-electron chi connectivity index (χ4n) is 0.602. The van der Waals surface area contributed by atoms with Crippen LogP contribution in [0.15, 0.2) is 12.1 Å². The van der Waals surface area contributed by atoms with E-state index in [1.165, 1.54) is 6.07 Å². The molecule has 1 aromatic carbocycles. The van der Waals surface area contributed by atoms with E-state index >= 15 is 0 Å². The molecule has 0 amide bonds. The van der Waals surface area contributed by atoms with Crippen LogP contribution in [0.3, 0.4) is 0 Å². The fraction of sp³-hybridized carbons (Fsp3) is 0. The summed E-state index contributed by atoms with van der Waals surface area (Å²) in [5.41, 5.74) is 0.165. The summed E-state index contributed by atoms with van der Waals surface area (Å²) in [7, 11) is 0. The monoisotopic (exact) mass is 189 g/mol. The number of hydrogen-bond donors (Lipinski definition) is 0. The maximum absolute atomic E-state index is 12.6. The van der Waals surface area contributed by atoms with Crippen LogP contribution in [0.2, 0.25) is 10.0 Å². The lowest BCUT2D eigenvalue weighted by Crippen LogP contribution is -1.76. The van der Waals surface area contributed by atoms with Crippen molar-refractivity contribution in [3.05, 3.63) is 39.4 Å². The molecule has 0 aliphatic carbocycles. The van der Waals surface area contributed by atoms with Gasteiger partial charge in [-0.2, -0.15) is 0 Å². The van der Waals surface area contributed by atoms with Crippen molar-refractivity contribution in [3.8, 4) is 0 Å². The van der Waals surface area contributed by atoms with E-state index in [2.05, 4.69) is 4.85 Å². The minimum Gasteiger partial charge on any atom is -0.237 e. The maximum Gasteiger partial charge on any atom is 0.207 e. The van der Waals surface area contributed by atoms with Crippen LogP contribution < -0.4 is 0 Å².